The van der Waals surface area contributed by atoms with Crippen LogP contribution in [0.15, 0.2) is 67.0 Å². The third kappa shape index (κ3) is 3.79. The zero-order valence-electron chi connectivity index (χ0n) is 15.2. The second kappa shape index (κ2) is 8.48. The molecule has 0 bridgehead atoms. The van der Waals surface area contributed by atoms with Crippen molar-refractivity contribution >= 4 is 57.5 Å². The number of fused-ring (bicyclic) bond motifs is 1. The molecule has 0 spiro atoms. The summed E-state index contributed by atoms with van der Waals surface area (Å²) in [5.41, 5.74) is 1.49. The largest absolute Gasteiger partial charge is 0.444 e. The van der Waals surface area contributed by atoms with E-state index in [9.17, 15) is 9.59 Å². The zero-order chi connectivity index (χ0) is 21.3. The zero-order valence-corrected chi connectivity index (χ0v) is 17.5. The van der Waals surface area contributed by atoms with Gasteiger partial charge < -0.3 is 9.72 Å². The Labute approximate surface area is 186 Å². The maximum atomic E-state index is 13.4. The lowest BCUT2D eigenvalue weighted by Gasteiger charge is -2.17. The summed E-state index contributed by atoms with van der Waals surface area (Å²) in [7, 11) is 0. The Morgan fingerprint density at radius 3 is 2.40 bits per heavy atom. The molecule has 4 rings (SSSR count). The highest BCUT2D eigenvalue weighted by molar-refractivity contribution is 6.48. The van der Waals surface area contributed by atoms with Crippen molar-refractivity contribution in [2.75, 3.05) is 0 Å². The molecular weight excluding hydrogens is 447 g/mol. The minimum absolute atomic E-state index is 0.0144. The fraction of sp³-hybridized carbons (Fsp3) is 0.0455. The number of benzene rings is 2. The van der Waals surface area contributed by atoms with E-state index < -0.39 is 12.1 Å². The molecule has 0 saturated heterocycles. The molecule has 0 radical (unpaired) electrons. The van der Waals surface area contributed by atoms with Crippen LogP contribution in [0.1, 0.15) is 32.5 Å². The van der Waals surface area contributed by atoms with E-state index in [1.54, 1.807) is 36.5 Å². The molecule has 8 heteroatoms. The first-order valence-electron chi connectivity index (χ1n) is 8.83. The minimum Gasteiger partial charge on any atom is -0.444 e. The van der Waals surface area contributed by atoms with Crippen molar-refractivity contribution in [1.29, 1.82) is 0 Å². The Morgan fingerprint density at radius 1 is 0.933 bits per heavy atom. The lowest BCUT2D eigenvalue weighted by Crippen LogP contribution is -2.21. The average Bonchev–Trinajstić information content (AvgIpc) is 3.20. The van der Waals surface area contributed by atoms with E-state index in [0.29, 0.717) is 11.1 Å². The molecule has 1 N–H and O–H groups in total. The number of ketones is 1. The van der Waals surface area contributed by atoms with Crippen molar-refractivity contribution in [2.24, 2.45) is 0 Å². The first kappa shape index (κ1) is 20.4. The summed E-state index contributed by atoms with van der Waals surface area (Å²) in [6, 6.07) is 16.1. The number of hydrogen-bond acceptors (Lipinski definition) is 4. The summed E-state index contributed by atoms with van der Waals surface area (Å²) in [5.74, 6) is -1.27. The van der Waals surface area contributed by atoms with E-state index in [2.05, 4.69) is 9.97 Å². The molecule has 0 aliphatic rings. The summed E-state index contributed by atoms with van der Waals surface area (Å²) < 4.78 is 5.58. The van der Waals surface area contributed by atoms with Crippen molar-refractivity contribution in [3.8, 4) is 0 Å². The van der Waals surface area contributed by atoms with Crippen molar-refractivity contribution in [3.05, 3.63) is 98.9 Å². The highest BCUT2D eigenvalue weighted by Crippen LogP contribution is 2.33. The van der Waals surface area contributed by atoms with E-state index in [-0.39, 0.29) is 26.5 Å². The first-order chi connectivity index (χ1) is 14.5. The Bertz CT molecular complexity index is 1260. The van der Waals surface area contributed by atoms with Crippen molar-refractivity contribution in [2.45, 2.75) is 6.10 Å². The number of H-pyrrole nitrogens is 1. The van der Waals surface area contributed by atoms with E-state index >= 15 is 0 Å². The number of hydrogen-bond donors (Lipinski definition) is 1. The highest BCUT2D eigenvalue weighted by atomic mass is 35.5. The van der Waals surface area contributed by atoms with Crippen molar-refractivity contribution in [1.82, 2.24) is 9.97 Å². The molecule has 150 valence electrons. The topological polar surface area (TPSA) is 72.1 Å². The Hall–Kier alpha value is -2.86. The quantitative estimate of drug-likeness (QED) is 0.281. The van der Waals surface area contributed by atoms with Gasteiger partial charge >= 0.3 is 5.97 Å². The number of Topliss-reactive ketones (excluding diaryl/α,β-unsaturated/α-hetero) is 1. The molecule has 0 aliphatic carbocycles. The SMILES string of the molecule is O=C(OC(C(=O)c1c[nH]c2ccccc12)c1ccccc1)c1ncc(Cl)c(Cl)c1Cl. The highest BCUT2D eigenvalue weighted by Gasteiger charge is 2.30. The number of halogens is 3. The molecule has 5 nitrogen and oxygen atoms in total. The van der Waals surface area contributed by atoms with Gasteiger partial charge in [0.05, 0.1) is 15.1 Å². The lowest BCUT2D eigenvalue weighted by molar-refractivity contribution is 0.0275. The molecule has 0 aliphatic heterocycles. The second-order valence-electron chi connectivity index (χ2n) is 6.39. The van der Waals surface area contributed by atoms with Gasteiger partial charge in [0.1, 0.15) is 0 Å². The maximum Gasteiger partial charge on any atom is 0.359 e. The molecule has 2 heterocycles. The Kier molecular flexibility index (Phi) is 5.77. The minimum atomic E-state index is -1.20. The normalized spacial score (nSPS) is 12.0. The Balaban J connectivity index is 1.73. The number of para-hydroxylation sites is 1. The van der Waals surface area contributed by atoms with Gasteiger partial charge in [-0.2, -0.15) is 0 Å². The van der Waals surface area contributed by atoms with Gasteiger partial charge in [-0.1, -0.05) is 83.3 Å². The summed E-state index contributed by atoms with van der Waals surface area (Å²) in [5, 5.41) is 0.679. The van der Waals surface area contributed by atoms with Crippen LogP contribution in [0.25, 0.3) is 10.9 Å². The van der Waals surface area contributed by atoms with E-state index in [0.717, 1.165) is 10.9 Å². The number of nitrogens with zero attached hydrogens (tertiary/aromatic N) is 1. The van der Waals surface area contributed by atoms with Crippen LogP contribution >= 0.6 is 34.8 Å². The van der Waals surface area contributed by atoms with Gasteiger partial charge in [0, 0.05) is 34.4 Å². The lowest BCUT2D eigenvalue weighted by atomic mass is 9.99. The molecule has 30 heavy (non-hydrogen) atoms. The number of aromatic nitrogens is 2. The van der Waals surface area contributed by atoms with Gasteiger partial charge in [-0.3, -0.25) is 4.79 Å². The van der Waals surface area contributed by atoms with E-state index in [1.807, 2.05) is 24.3 Å². The molecular formula is C22H13Cl3N2O3. The van der Waals surface area contributed by atoms with Crippen LogP contribution in [-0.2, 0) is 4.74 Å². The van der Waals surface area contributed by atoms with Crippen LogP contribution in [0.5, 0.6) is 0 Å². The smallest absolute Gasteiger partial charge is 0.359 e. The summed E-state index contributed by atoms with van der Waals surface area (Å²) >= 11 is 18.0. The van der Waals surface area contributed by atoms with E-state index in [1.165, 1.54) is 6.20 Å². The number of aromatic amines is 1. The maximum absolute atomic E-state index is 13.4. The number of nitrogens with one attached hydrogen (secondary N) is 1. The van der Waals surface area contributed by atoms with Gasteiger partial charge in [0.25, 0.3) is 0 Å². The second-order valence-corrected chi connectivity index (χ2v) is 7.55. The number of pyridine rings is 1. The molecule has 2 aromatic carbocycles. The van der Waals surface area contributed by atoms with Gasteiger partial charge in [-0.15, -0.1) is 0 Å². The predicted octanol–water partition coefficient (Wildman–Crippen LogP) is 6.30. The van der Waals surface area contributed by atoms with Gasteiger partial charge in [-0.25, -0.2) is 9.78 Å². The molecule has 2 aromatic heterocycles. The summed E-state index contributed by atoms with van der Waals surface area (Å²) in [6.45, 7) is 0. The summed E-state index contributed by atoms with van der Waals surface area (Å²) in [4.78, 5) is 33.2. The van der Waals surface area contributed by atoms with Crippen LogP contribution < -0.4 is 0 Å². The van der Waals surface area contributed by atoms with Gasteiger partial charge in [0.2, 0.25) is 5.78 Å². The molecule has 1 atom stereocenters. The number of carbonyl (C=O) groups excluding carboxylic acids is 2. The van der Waals surface area contributed by atoms with Crippen molar-refractivity contribution < 1.29 is 14.3 Å². The van der Waals surface area contributed by atoms with Gasteiger partial charge in [0.15, 0.2) is 11.8 Å². The third-order valence-corrected chi connectivity index (χ3v) is 5.77. The predicted molar refractivity (Wildman–Crippen MR) is 116 cm³/mol. The molecule has 4 aromatic rings. The standard InChI is InChI=1S/C22H13Cl3N2O3/c23-15-11-27-19(18(25)17(15)24)22(29)30-21(12-6-2-1-3-7-12)20(28)14-10-26-16-9-5-4-8-13(14)16/h1-11,21,26H. The molecule has 0 fully saturated rings. The fourth-order valence-electron chi connectivity index (χ4n) is 3.07. The number of ether oxygens (including phenoxy) is 1. The van der Waals surface area contributed by atoms with Gasteiger partial charge in [-0.05, 0) is 6.07 Å². The van der Waals surface area contributed by atoms with Crippen LogP contribution in [0.2, 0.25) is 15.1 Å². The number of carbonyl (C=O) groups is 2. The Morgan fingerprint density at radius 2 is 1.63 bits per heavy atom. The van der Waals surface area contributed by atoms with Crippen LogP contribution in [-0.4, -0.2) is 21.7 Å². The molecule has 0 saturated carbocycles. The monoisotopic (exact) mass is 458 g/mol. The van der Waals surface area contributed by atoms with Crippen LogP contribution in [0.3, 0.4) is 0 Å². The number of rotatable bonds is 5. The van der Waals surface area contributed by atoms with Crippen molar-refractivity contribution in [3.63, 3.8) is 0 Å². The van der Waals surface area contributed by atoms with Crippen LogP contribution in [0.4, 0.5) is 0 Å². The first-order valence-corrected chi connectivity index (χ1v) is 9.96. The molecule has 1 unspecified atom stereocenters. The van der Waals surface area contributed by atoms with Crippen LogP contribution in [0, 0.1) is 0 Å². The molecule has 0 amide bonds. The van der Waals surface area contributed by atoms with E-state index in [4.69, 9.17) is 39.5 Å². The average molecular weight is 460 g/mol. The third-order valence-electron chi connectivity index (χ3n) is 4.53. The fourth-order valence-corrected chi connectivity index (χ4v) is 3.62. The summed E-state index contributed by atoms with van der Waals surface area (Å²) in [6.07, 6.45) is 1.59. The number of esters is 1.